The third-order valence-electron chi connectivity index (χ3n) is 4.08. The highest BCUT2D eigenvalue weighted by Gasteiger charge is 2.41. The van der Waals surface area contributed by atoms with E-state index in [0.717, 1.165) is 19.2 Å². The van der Waals surface area contributed by atoms with Crippen molar-refractivity contribution < 1.29 is 0 Å². The van der Waals surface area contributed by atoms with E-state index in [0.29, 0.717) is 5.92 Å². The van der Waals surface area contributed by atoms with Gasteiger partial charge < -0.3 is 5.73 Å². The van der Waals surface area contributed by atoms with Gasteiger partial charge in [-0.3, -0.25) is 0 Å². The van der Waals surface area contributed by atoms with E-state index in [4.69, 9.17) is 5.73 Å². The largest absolute Gasteiger partial charge is 0.325 e. The Morgan fingerprint density at radius 3 is 1.94 bits per heavy atom. The predicted octanol–water partition coefficient (Wildman–Crippen LogP) is 4.13. The number of hydrogen-bond acceptors (Lipinski definition) is 1. The molecule has 0 aromatic carbocycles. The molecule has 1 nitrogen and oxygen atoms in total. The number of nitrogens with two attached hydrogens (primary N) is 1. The monoisotopic (exact) mass is 249 g/mol. The Balaban J connectivity index is 4.71. The van der Waals surface area contributed by atoms with E-state index in [2.05, 4.69) is 69.7 Å². The average Bonchev–Trinajstić information content (AvgIpc) is 2.10. The fourth-order valence-corrected chi connectivity index (χ4v) is 2.96. The van der Waals surface area contributed by atoms with Crippen LogP contribution >= 0.6 is 0 Å². The van der Waals surface area contributed by atoms with Crippen molar-refractivity contribution in [2.45, 2.75) is 85.4 Å². The van der Waals surface area contributed by atoms with Crippen molar-refractivity contribution in [1.29, 1.82) is 0 Å². The van der Waals surface area contributed by atoms with Gasteiger partial charge in [-0.1, -0.05) is 60.1 Å². The normalized spacial score (nSPS) is 16.6. The van der Waals surface area contributed by atoms with Gasteiger partial charge in [0.15, 0.2) is 0 Å². The molecule has 2 N–H and O–H groups in total. The summed E-state index contributed by atoms with van der Waals surface area (Å²) in [5, 5.41) is 0.219. The van der Waals surface area contributed by atoms with Gasteiger partial charge in [-0.15, -0.1) is 0 Å². The minimum absolute atomic E-state index is 0.113. The predicted molar refractivity (Wildman–Crippen MR) is 86.5 cm³/mol. The van der Waals surface area contributed by atoms with E-state index in [1.54, 1.807) is 0 Å². The van der Waals surface area contributed by atoms with Crippen LogP contribution < -0.4 is 5.73 Å². The van der Waals surface area contributed by atoms with Crippen LogP contribution in [-0.4, -0.2) is 19.9 Å². The van der Waals surface area contributed by atoms with Crippen molar-refractivity contribution in [3.8, 4) is 0 Å². The second kappa shape index (κ2) is 6.50. The van der Waals surface area contributed by atoms with Gasteiger partial charge in [-0.05, 0) is 31.1 Å². The number of rotatable bonds is 8. The molecule has 104 valence electrons. The van der Waals surface area contributed by atoms with Crippen molar-refractivity contribution in [2.75, 3.05) is 0 Å². The maximum atomic E-state index is 6.61. The van der Waals surface area contributed by atoms with Gasteiger partial charge in [0.1, 0.15) is 0 Å². The molecule has 2 radical (unpaired) electrons. The summed E-state index contributed by atoms with van der Waals surface area (Å²) in [5.74, 6) is 0.647. The maximum absolute atomic E-state index is 6.61. The van der Waals surface area contributed by atoms with Gasteiger partial charge >= 0.3 is 0 Å². The molecule has 0 saturated heterocycles. The first-order chi connectivity index (χ1) is 7.93. The molecule has 0 aliphatic heterocycles. The summed E-state index contributed by atoms with van der Waals surface area (Å²) in [6.45, 7) is 18.2. The van der Waals surface area contributed by atoms with Gasteiger partial charge in [0.2, 0.25) is 0 Å². The zero-order chi connectivity index (χ0) is 14.6. The summed E-state index contributed by atoms with van der Waals surface area (Å²) in [7, 11) is 4.62. The molecule has 1 atom stereocenters. The van der Waals surface area contributed by atoms with Gasteiger partial charge in [0.05, 0.1) is 14.3 Å². The van der Waals surface area contributed by atoms with Crippen LogP contribution in [0.3, 0.4) is 0 Å². The molecule has 0 saturated carbocycles. The minimum atomic E-state index is -0.113. The molecule has 0 heterocycles. The van der Waals surface area contributed by atoms with E-state index in [1.807, 2.05) is 0 Å². The SMILES string of the molecule is CC[B][B]C(C)(C)CC(C)(C)C(C)(N)CC(C)C. The maximum Gasteiger partial charge on any atom is 0.0731 e. The van der Waals surface area contributed by atoms with Crippen LogP contribution in [0.4, 0.5) is 0 Å². The summed E-state index contributed by atoms with van der Waals surface area (Å²) in [5.41, 5.74) is 6.63. The average molecular weight is 249 g/mol. The highest BCUT2D eigenvalue weighted by Crippen LogP contribution is 2.45. The highest BCUT2D eigenvalue weighted by atomic mass is 14.8. The second-order valence-electron chi connectivity index (χ2n) is 7.88. The van der Waals surface area contributed by atoms with Gasteiger partial charge in [0, 0.05) is 5.54 Å². The summed E-state index contributed by atoms with van der Waals surface area (Å²) in [6, 6.07) is 0. The Hall–Kier alpha value is 0.0899. The first-order valence-electron chi connectivity index (χ1n) is 7.40. The fourth-order valence-electron chi connectivity index (χ4n) is 2.96. The molecule has 0 bridgehead atoms. The lowest BCUT2D eigenvalue weighted by Gasteiger charge is -2.47. The van der Waals surface area contributed by atoms with Crippen LogP contribution in [0.2, 0.25) is 11.6 Å². The van der Waals surface area contributed by atoms with Crippen molar-refractivity contribution in [1.82, 2.24) is 0 Å². The van der Waals surface area contributed by atoms with Crippen LogP contribution in [-0.2, 0) is 0 Å². The molecule has 0 fully saturated rings. The molecule has 1 unspecified atom stereocenters. The molecule has 0 amide bonds. The highest BCUT2D eigenvalue weighted by molar-refractivity contribution is 7.01. The first kappa shape index (κ1) is 18.1. The van der Waals surface area contributed by atoms with Crippen molar-refractivity contribution in [3.05, 3.63) is 0 Å². The molecule has 0 aliphatic rings. The van der Waals surface area contributed by atoms with Crippen LogP contribution in [0.1, 0.15) is 68.2 Å². The second-order valence-corrected chi connectivity index (χ2v) is 7.88. The van der Waals surface area contributed by atoms with E-state index >= 15 is 0 Å². The van der Waals surface area contributed by atoms with Crippen LogP contribution in [0.25, 0.3) is 0 Å². The topological polar surface area (TPSA) is 26.0 Å². The van der Waals surface area contributed by atoms with Crippen LogP contribution in [0, 0.1) is 11.3 Å². The fraction of sp³-hybridized carbons (Fsp3) is 1.00. The van der Waals surface area contributed by atoms with Crippen molar-refractivity contribution >= 4 is 14.3 Å². The molecular formula is C15H33B2N. The Morgan fingerprint density at radius 1 is 1.06 bits per heavy atom. The summed E-state index contributed by atoms with van der Waals surface area (Å²) in [6.07, 6.45) is 3.31. The third kappa shape index (κ3) is 5.82. The van der Waals surface area contributed by atoms with E-state index in [9.17, 15) is 0 Å². The lowest BCUT2D eigenvalue weighted by atomic mass is 9.27. The molecule has 0 aromatic heterocycles. The molecule has 0 aromatic rings. The van der Waals surface area contributed by atoms with Crippen LogP contribution in [0.5, 0.6) is 0 Å². The Bertz CT molecular complexity index is 245. The summed E-state index contributed by atoms with van der Waals surface area (Å²) < 4.78 is 0. The van der Waals surface area contributed by atoms with E-state index in [-0.39, 0.29) is 16.3 Å². The minimum Gasteiger partial charge on any atom is -0.325 e. The molecule has 0 spiro atoms. The van der Waals surface area contributed by atoms with Crippen molar-refractivity contribution in [2.24, 2.45) is 17.1 Å². The third-order valence-corrected chi connectivity index (χ3v) is 4.08. The zero-order valence-corrected chi connectivity index (χ0v) is 13.9. The van der Waals surface area contributed by atoms with E-state index in [1.165, 1.54) is 0 Å². The molecule has 0 rings (SSSR count). The zero-order valence-electron chi connectivity index (χ0n) is 13.9. The number of hydrogen-bond donors (Lipinski definition) is 1. The van der Waals surface area contributed by atoms with Gasteiger partial charge in [-0.2, -0.15) is 0 Å². The van der Waals surface area contributed by atoms with Gasteiger partial charge in [0.25, 0.3) is 0 Å². The standard InChI is InChI=1S/C15H33B2N/c1-9-16-17-14(6,7)11-13(4,5)15(8,18)10-12(2)3/h12H,9-11,18H2,1-8H3. The van der Waals surface area contributed by atoms with Gasteiger partial charge in [-0.25, -0.2) is 0 Å². The van der Waals surface area contributed by atoms with Crippen molar-refractivity contribution in [3.63, 3.8) is 0 Å². The van der Waals surface area contributed by atoms with Crippen LogP contribution in [0.15, 0.2) is 0 Å². The molecule has 3 heteroatoms. The molecule has 0 aliphatic carbocycles. The molecular weight excluding hydrogens is 216 g/mol. The summed E-state index contributed by atoms with van der Waals surface area (Å²) in [4.78, 5) is 0. The lowest BCUT2D eigenvalue weighted by molar-refractivity contribution is 0.127. The first-order valence-corrected chi connectivity index (χ1v) is 7.40. The Kier molecular flexibility index (Phi) is 6.53. The quantitative estimate of drug-likeness (QED) is 0.643. The lowest BCUT2D eigenvalue weighted by Crippen LogP contribution is -2.52. The Morgan fingerprint density at radius 2 is 1.56 bits per heavy atom. The smallest absolute Gasteiger partial charge is 0.0731 e. The molecule has 18 heavy (non-hydrogen) atoms. The van der Waals surface area contributed by atoms with E-state index < -0.39 is 0 Å². The Labute approximate surface area is 117 Å². The summed E-state index contributed by atoms with van der Waals surface area (Å²) >= 11 is 0.